The maximum absolute atomic E-state index is 9.66. The van der Waals surface area contributed by atoms with Gasteiger partial charge < -0.3 is 24.1 Å². The van der Waals surface area contributed by atoms with E-state index in [2.05, 4.69) is 6.58 Å². The molecule has 132 valence electrons. The Morgan fingerprint density at radius 2 is 1.88 bits per heavy atom. The predicted octanol–water partition coefficient (Wildman–Crippen LogP) is 2.43. The van der Waals surface area contributed by atoms with Crippen molar-refractivity contribution in [2.24, 2.45) is 0 Å². The average Bonchev–Trinajstić information content (AvgIpc) is 2.89. The third-order valence-corrected chi connectivity index (χ3v) is 4.43. The summed E-state index contributed by atoms with van der Waals surface area (Å²) in [5, 5.41) is 9.66. The standard InChI is InChI=1S/C19H26O5/c1-4-8-14-16(21-12-13-9-6-5-7-10-13)18-17(15(11-20)22-14)23-19(2,3)24-18/h4-7,9-10,14-18,20H,1,8,11-12H2,2-3H3/t14-,15-,16+,17+,18-/m1/s1. The zero-order valence-corrected chi connectivity index (χ0v) is 14.3. The molecule has 1 aromatic carbocycles. The predicted molar refractivity (Wildman–Crippen MR) is 89.4 cm³/mol. The highest BCUT2D eigenvalue weighted by Crippen LogP contribution is 2.39. The Hall–Kier alpha value is -1.24. The Morgan fingerprint density at radius 1 is 1.17 bits per heavy atom. The number of aliphatic hydroxyl groups is 1. The fraction of sp³-hybridized carbons (Fsp3) is 0.579. The van der Waals surface area contributed by atoms with E-state index in [1.54, 1.807) is 6.08 Å². The molecule has 0 spiro atoms. The van der Waals surface area contributed by atoms with Crippen LogP contribution in [0.25, 0.3) is 0 Å². The molecule has 0 unspecified atom stereocenters. The number of ether oxygens (including phenoxy) is 4. The molecule has 2 aliphatic rings. The van der Waals surface area contributed by atoms with Crippen molar-refractivity contribution in [3.63, 3.8) is 0 Å². The molecule has 0 saturated carbocycles. The highest BCUT2D eigenvalue weighted by atomic mass is 16.8. The van der Waals surface area contributed by atoms with Crippen molar-refractivity contribution in [1.82, 2.24) is 0 Å². The molecule has 2 fully saturated rings. The van der Waals surface area contributed by atoms with Crippen LogP contribution in [0.1, 0.15) is 25.8 Å². The van der Waals surface area contributed by atoms with Crippen molar-refractivity contribution in [1.29, 1.82) is 0 Å². The number of benzene rings is 1. The minimum atomic E-state index is -0.719. The first-order chi connectivity index (χ1) is 11.5. The summed E-state index contributed by atoms with van der Waals surface area (Å²) in [6, 6.07) is 10.00. The van der Waals surface area contributed by atoms with Gasteiger partial charge in [-0.2, -0.15) is 0 Å². The van der Waals surface area contributed by atoms with Crippen molar-refractivity contribution in [2.75, 3.05) is 6.61 Å². The van der Waals surface area contributed by atoms with Crippen LogP contribution in [0.5, 0.6) is 0 Å². The summed E-state index contributed by atoms with van der Waals surface area (Å²) in [6.45, 7) is 7.91. The second-order valence-electron chi connectivity index (χ2n) is 6.75. The lowest BCUT2D eigenvalue weighted by molar-refractivity contribution is -0.212. The SMILES string of the molecule is C=CC[C@H]1O[C@H](CO)[C@@H]2OC(C)(C)O[C@@H]2[C@H]1OCc1ccccc1. The van der Waals surface area contributed by atoms with Crippen LogP contribution in [0.4, 0.5) is 0 Å². The molecular formula is C19H26O5. The van der Waals surface area contributed by atoms with Crippen LogP contribution in [0.2, 0.25) is 0 Å². The molecule has 24 heavy (non-hydrogen) atoms. The lowest BCUT2D eigenvalue weighted by Crippen LogP contribution is -2.57. The van der Waals surface area contributed by atoms with E-state index >= 15 is 0 Å². The first-order valence-corrected chi connectivity index (χ1v) is 8.42. The van der Waals surface area contributed by atoms with Crippen molar-refractivity contribution in [3.05, 3.63) is 48.6 Å². The first kappa shape index (κ1) is 17.6. The van der Waals surface area contributed by atoms with Gasteiger partial charge in [0.25, 0.3) is 0 Å². The summed E-state index contributed by atoms with van der Waals surface area (Å²) in [5.41, 5.74) is 1.09. The summed E-state index contributed by atoms with van der Waals surface area (Å²) in [5.74, 6) is -0.719. The minimum absolute atomic E-state index is 0.111. The molecule has 0 aromatic heterocycles. The number of aliphatic hydroxyl groups excluding tert-OH is 1. The second-order valence-corrected chi connectivity index (χ2v) is 6.75. The normalized spacial score (nSPS) is 34.7. The van der Waals surface area contributed by atoms with E-state index in [4.69, 9.17) is 18.9 Å². The molecule has 1 N–H and O–H groups in total. The molecule has 1 aromatic rings. The molecule has 0 bridgehead atoms. The number of fused-ring (bicyclic) bond motifs is 1. The van der Waals surface area contributed by atoms with Gasteiger partial charge in [-0.3, -0.25) is 0 Å². The smallest absolute Gasteiger partial charge is 0.164 e. The molecule has 5 atom stereocenters. The summed E-state index contributed by atoms with van der Waals surface area (Å²) in [4.78, 5) is 0. The number of hydrogen-bond donors (Lipinski definition) is 1. The van der Waals surface area contributed by atoms with E-state index in [1.807, 2.05) is 44.2 Å². The molecule has 0 aliphatic carbocycles. The highest BCUT2D eigenvalue weighted by Gasteiger charge is 2.55. The summed E-state index contributed by atoms with van der Waals surface area (Å²) in [6.07, 6.45) is 0.895. The third kappa shape index (κ3) is 3.71. The van der Waals surface area contributed by atoms with Gasteiger partial charge in [0.05, 0.1) is 19.3 Å². The van der Waals surface area contributed by atoms with Crippen molar-refractivity contribution < 1.29 is 24.1 Å². The molecule has 2 saturated heterocycles. The van der Waals surface area contributed by atoms with Crippen molar-refractivity contribution in [2.45, 2.75) is 63.2 Å². The molecular weight excluding hydrogens is 308 g/mol. The monoisotopic (exact) mass is 334 g/mol. The third-order valence-electron chi connectivity index (χ3n) is 4.43. The van der Waals surface area contributed by atoms with Crippen molar-refractivity contribution in [3.8, 4) is 0 Å². The maximum Gasteiger partial charge on any atom is 0.164 e. The largest absolute Gasteiger partial charge is 0.394 e. The molecule has 0 amide bonds. The average molecular weight is 334 g/mol. The van der Waals surface area contributed by atoms with E-state index in [-0.39, 0.29) is 31.0 Å². The Kier molecular flexibility index (Phi) is 5.37. The lowest BCUT2D eigenvalue weighted by Gasteiger charge is -2.41. The van der Waals surface area contributed by atoms with Crippen LogP contribution in [-0.4, -0.2) is 48.0 Å². The molecule has 2 heterocycles. The zero-order valence-electron chi connectivity index (χ0n) is 14.3. The van der Waals surface area contributed by atoms with E-state index in [9.17, 15) is 5.11 Å². The van der Waals surface area contributed by atoms with Gasteiger partial charge >= 0.3 is 0 Å². The van der Waals surface area contributed by atoms with Gasteiger partial charge in [-0.25, -0.2) is 0 Å². The van der Waals surface area contributed by atoms with E-state index in [1.165, 1.54) is 0 Å². The van der Waals surface area contributed by atoms with Crippen LogP contribution in [-0.2, 0) is 25.6 Å². The highest BCUT2D eigenvalue weighted by molar-refractivity contribution is 5.13. The Balaban J connectivity index is 1.78. The van der Waals surface area contributed by atoms with Gasteiger partial charge in [0.15, 0.2) is 5.79 Å². The van der Waals surface area contributed by atoms with Crippen LogP contribution < -0.4 is 0 Å². The molecule has 2 aliphatic heterocycles. The molecule has 5 nitrogen and oxygen atoms in total. The van der Waals surface area contributed by atoms with E-state index in [0.29, 0.717) is 13.0 Å². The van der Waals surface area contributed by atoms with Crippen LogP contribution in [0.3, 0.4) is 0 Å². The van der Waals surface area contributed by atoms with Gasteiger partial charge in [0.1, 0.15) is 24.4 Å². The van der Waals surface area contributed by atoms with Gasteiger partial charge in [-0.15, -0.1) is 6.58 Å². The van der Waals surface area contributed by atoms with Gasteiger partial charge in [0.2, 0.25) is 0 Å². The summed E-state index contributed by atoms with van der Waals surface area (Å²) >= 11 is 0. The number of rotatable bonds is 6. The van der Waals surface area contributed by atoms with Crippen LogP contribution in [0.15, 0.2) is 43.0 Å². The topological polar surface area (TPSA) is 57.2 Å². The van der Waals surface area contributed by atoms with Crippen molar-refractivity contribution >= 4 is 0 Å². The quantitative estimate of drug-likeness (QED) is 0.810. The second kappa shape index (κ2) is 7.33. The molecule has 0 radical (unpaired) electrons. The van der Waals surface area contributed by atoms with Gasteiger partial charge in [-0.05, 0) is 25.8 Å². The van der Waals surface area contributed by atoms with Gasteiger partial charge in [0, 0.05) is 0 Å². The Labute approximate surface area is 143 Å². The van der Waals surface area contributed by atoms with E-state index < -0.39 is 11.9 Å². The zero-order chi connectivity index (χ0) is 17.2. The minimum Gasteiger partial charge on any atom is -0.394 e. The Morgan fingerprint density at radius 3 is 2.54 bits per heavy atom. The Bertz CT molecular complexity index is 544. The lowest BCUT2D eigenvalue weighted by atomic mass is 9.93. The number of hydrogen-bond acceptors (Lipinski definition) is 5. The fourth-order valence-corrected chi connectivity index (χ4v) is 3.42. The van der Waals surface area contributed by atoms with Crippen LogP contribution in [0, 0.1) is 0 Å². The maximum atomic E-state index is 9.66. The summed E-state index contributed by atoms with van der Waals surface area (Å²) < 4.78 is 24.2. The molecule has 5 heteroatoms. The van der Waals surface area contributed by atoms with Crippen LogP contribution >= 0.6 is 0 Å². The fourth-order valence-electron chi connectivity index (χ4n) is 3.42. The summed E-state index contributed by atoms with van der Waals surface area (Å²) in [7, 11) is 0. The molecule has 3 rings (SSSR count). The van der Waals surface area contributed by atoms with E-state index in [0.717, 1.165) is 5.56 Å². The first-order valence-electron chi connectivity index (χ1n) is 8.42. The van der Waals surface area contributed by atoms with Gasteiger partial charge in [-0.1, -0.05) is 36.4 Å².